The Balaban J connectivity index is 1.87. The van der Waals surface area contributed by atoms with Crippen LogP contribution in [-0.4, -0.2) is 46.5 Å². The predicted molar refractivity (Wildman–Crippen MR) is 59.0 cm³/mol. The molecule has 0 aliphatic carbocycles. The Labute approximate surface area is 99.2 Å². The van der Waals surface area contributed by atoms with Crippen LogP contribution in [0.5, 0.6) is 0 Å². The molecular formula is C12H16O5. The summed E-state index contributed by atoms with van der Waals surface area (Å²) in [5, 5.41) is 28.2. The maximum Gasteiger partial charge on any atom is 0.183 e. The van der Waals surface area contributed by atoms with Crippen molar-refractivity contribution in [2.75, 3.05) is 6.61 Å². The van der Waals surface area contributed by atoms with E-state index in [1.165, 1.54) is 0 Å². The maximum atomic E-state index is 9.67. The normalized spacial score (nSPS) is 33.6. The first-order valence-corrected chi connectivity index (χ1v) is 5.50. The summed E-state index contributed by atoms with van der Waals surface area (Å²) in [6.45, 7) is 0.390. The summed E-state index contributed by atoms with van der Waals surface area (Å²) in [5.41, 5.74) is 0.973. The Kier molecular flexibility index (Phi) is 4.09. The third kappa shape index (κ3) is 3.02. The summed E-state index contributed by atoms with van der Waals surface area (Å²) in [5.74, 6) is 0. The van der Waals surface area contributed by atoms with E-state index in [9.17, 15) is 10.2 Å². The Morgan fingerprint density at radius 1 is 1.12 bits per heavy atom. The molecule has 1 heterocycles. The first kappa shape index (κ1) is 12.5. The van der Waals surface area contributed by atoms with Crippen molar-refractivity contribution >= 4 is 0 Å². The van der Waals surface area contributed by atoms with Gasteiger partial charge in [-0.1, -0.05) is 30.3 Å². The topological polar surface area (TPSA) is 79.2 Å². The molecule has 0 aromatic heterocycles. The van der Waals surface area contributed by atoms with Crippen LogP contribution in [0.25, 0.3) is 0 Å². The average Bonchev–Trinajstić information content (AvgIpc) is 2.36. The number of benzene rings is 1. The van der Waals surface area contributed by atoms with E-state index >= 15 is 0 Å². The van der Waals surface area contributed by atoms with Gasteiger partial charge in [0.25, 0.3) is 0 Å². The quantitative estimate of drug-likeness (QED) is 0.672. The summed E-state index contributed by atoms with van der Waals surface area (Å²) < 4.78 is 10.3. The van der Waals surface area contributed by atoms with Gasteiger partial charge in [-0.2, -0.15) is 0 Å². The molecule has 94 valence electrons. The first-order valence-electron chi connectivity index (χ1n) is 5.50. The minimum Gasteiger partial charge on any atom is -0.387 e. The van der Waals surface area contributed by atoms with Crippen molar-refractivity contribution in [2.45, 2.75) is 31.2 Å². The molecule has 1 saturated heterocycles. The lowest BCUT2D eigenvalue weighted by Crippen LogP contribution is -2.53. The number of aliphatic hydroxyl groups excluding tert-OH is 3. The Bertz CT molecular complexity index is 342. The van der Waals surface area contributed by atoms with Crippen LogP contribution in [0.3, 0.4) is 0 Å². The molecule has 5 heteroatoms. The smallest absolute Gasteiger partial charge is 0.183 e. The lowest BCUT2D eigenvalue weighted by molar-refractivity contribution is -0.261. The highest BCUT2D eigenvalue weighted by Crippen LogP contribution is 2.17. The van der Waals surface area contributed by atoms with Gasteiger partial charge in [-0.05, 0) is 5.56 Å². The van der Waals surface area contributed by atoms with E-state index in [0.29, 0.717) is 6.61 Å². The summed E-state index contributed by atoms with van der Waals surface area (Å²) in [4.78, 5) is 0. The highest BCUT2D eigenvalue weighted by Gasteiger charge is 2.38. The van der Waals surface area contributed by atoms with Gasteiger partial charge in [-0.3, -0.25) is 0 Å². The van der Waals surface area contributed by atoms with Gasteiger partial charge in [-0.25, -0.2) is 0 Å². The van der Waals surface area contributed by atoms with E-state index in [1.54, 1.807) is 0 Å². The van der Waals surface area contributed by atoms with Gasteiger partial charge in [0.05, 0.1) is 13.2 Å². The van der Waals surface area contributed by atoms with Crippen molar-refractivity contribution in [2.24, 2.45) is 0 Å². The standard InChI is InChI=1S/C12H16O5/c13-10-9(7-17-12(15)11(10)14)16-6-8-4-2-1-3-5-8/h1-5,9-15H,6-7H2/t9-,10-,11+,12-/m0/s1. The summed E-state index contributed by atoms with van der Waals surface area (Å²) in [6, 6.07) is 9.50. The molecule has 0 amide bonds. The molecule has 2 rings (SSSR count). The molecule has 0 bridgehead atoms. The number of ether oxygens (including phenoxy) is 2. The Hall–Kier alpha value is -0.980. The molecule has 17 heavy (non-hydrogen) atoms. The van der Waals surface area contributed by atoms with Gasteiger partial charge in [0.1, 0.15) is 18.3 Å². The van der Waals surface area contributed by atoms with Crippen molar-refractivity contribution in [3.63, 3.8) is 0 Å². The van der Waals surface area contributed by atoms with Crippen LogP contribution in [0.1, 0.15) is 5.56 Å². The minimum atomic E-state index is -1.35. The zero-order valence-electron chi connectivity index (χ0n) is 9.27. The lowest BCUT2D eigenvalue weighted by atomic mass is 10.1. The summed E-state index contributed by atoms with van der Waals surface area (Å²) >= 11 is 0. The van der Waals surface area contributed by atoms with Crippen LogP contribution in [0.15, 0.2) is 30.3 Å². The van der Waals surface area contributed by atoms with Crippen LogP contribution in [-0.2, 0) is 16.1 Å². The van der Waals surface area contributed by atoms with Crippen molar-refractivity contribution in [3.8, 4) is 0 Å². The molecule has 3 N–H and O–H groups in total. The van der Waals surface area contributed by atoms with Gasteiger partial charge in [0.15, 0.2) is 6.29 Å². The van der Waals surface area contributed by atoms with Crippen LogP contribution in [0.4, 0.5) is 0 Å². The Morgan fingerprint density at radius 2 is 1.82 bits per heavy atom. The van der Waals surface area contributed by atoms with Crippen molar-refractivity contribution in [1.29, 1.82) is 0 Å². The van der Waals surface area contributed by atoms with Crippen LogP contribution in [0, 0.1) is 0 Å². The fourth-order valence-corrected chi connectivity index (χ4v) is 1.70. The monoisotopic (exact) mass is 240 g/mol. The number of rotatable bonds is 3. The molecule has 1 aromatic rings. The molecule has 4 atom stereocenters. The predicted octanol–water partition coefficient (Wildman–Crippen LogP) is -0.358. The van der Waals surface area contributed by atoms with E-state index in [1.807, 2.05) is 30.3 Å². The number of hydrogen-bond donors (Lipinski definition) is 3. The third-order valence-electron chi connectivity index (χ3n) is 2.76. The average molecular weight is 240 g/mol. The zero-order valence-corrected chi connectivity index (χ0v) is 9.27. The second-order valence-corrected chi connectivity index (χ2v) is 4.04. The molecule has 0 radical (unpaired) electrons. The van der Waals surface area contributed by atoms with Crippen molar-refractivity contribution in [1.82, 2.24) is 0 Å². The van der Waals surface area contributed by atoms with Crippen molar-refractivity contribution in [3.05, 3.63) is 35.9 Å². The van der Waals surface area contributed by atoms with E-state index in [2.05, 4.69) is 0 Å². The first-order chi connectivity index (χ1) is 8.18. The minimum absolute atomic E-state index is 0.0617. The third-order valence-corrected chi connectivity index (χ3v) is 2.76. The van der Waals surface area contributed by atoms with E-state index in [4.69, 9.17) is 14.6 Å². The molecule has 0 unspecified atom stereocenters. The van der Waals surface area contributed by atoms with E-state index in [0.717, 1.165) is 5.56 Å². The maximum absolute atomic E-state index is 9.67. The second kappa shape index (κ2) is 5.57. The Morgan fingerprint density at radius 3 is 2.53 bits per heavy atom. The van der Waals surface area contributed by atoms with E-state index in [-0.39, 0.29) is 6.61 Å². The van der Waals surface area contributed by atoms with Gasteiger partial charge >= 0.3 is 0 Å². The highest BCUT2D eigenvalue weighted by atomic mass is 16.6. The molecule has 0 saturated carbocycles. The van der Waals surface area contributed by atoms with Crippen LogP contribution in [0.2, 0.25) is 0 Å². The molecule has 1 aliphatic heterocycles. The van der Waals surface area contributed by atoms with Gasteiger partial charge < -0.3 is 24.8 Å². The lowest BCUT2D eigenvalue weighted by Gasteiger charge is -2.34. The highest BCUT2D eigenvalue weighted by molar-refractivity contribution is 5.13. The van der Waals surface area contributed by atoms with Crippen LogP contribution < -0.4 is 0 Å². The van der Waals surface area contributed by atoms with Gasteiger partial charge in [0.2, 0.25) is 0 Å². The number of aliphatic hydroxyl groups is 3. The van der Waals surface area contributed by atoms with Crippen molar-refractivity contribution < 1.29 is 24.8 Å². The van der Waals surface area contributed by atoms with Gasteiger partial charge in [-0.15, -0.1) is 0 Å². The molecule has 0 spiro atoms. The number of hydrogen-bond acceptors (Lipinski definition) is 5. The zero-order chi connectivity index (χ0) is 12.3. The second-order valence-electron chi connectivity index (χ2n) is 4.04. The van der Waals surface area contributed by atoms with E-state index < -0.39 is 24.6 Å². The largest absolute Gasteiger partial charge is 0.387 e. The molecule has 1 aliphatic rings. The molecule has 5 nitrogen and oxygen atoms in total. The van der Waals surface area contributed by atoms with Crippen LogP contribution >= 0.6 is 0 Å². The molecule has 1 fully saturated rings. The fourth-order valence-electron chi connectivity index (χ4n) is 1.70. The fraction of sp³-hybridized carbons (Fsp3) is 0.500. The summed E-state index contributed by atoms with van der Waals surface area (Å²) in [6.07, 6.45) is -4.44. The SMILES string of the molecule is O[C@@H]1[C@@H](O)[C@@H](O)OC[C@@H]1OCc1ccccc1. The summed E-state index contributed by atoms with van der Waals surface area (Å²) in [7, 11) is 0. The molecular weight excluding hydrogens is 224 g/mol. The van der Waals surface area contributed by atoms with Gasteiger partial charge in [0, 0.05) is 0 Å². The molecule has 1 aromatic carbocycles.